The van der Waals surface area contributed by atoms with Crippen LogP contribution in [0.1, 0.15) is 41.8 Å². The molecule has 8 heteroatoms. The zero-order valence-electron chi connectivity index (χ0n) is 18.3. The molecule has 0 N–H and O–H groups in total. The van der Waals surface area contributed by atoms with Crippen LogP contribution in [0.2, 0.25) is 0 Å². The van der Waals surface area contributed by atoms with Crippen molar-refractivity contribution in [2.24, 2.45) is 0 Å². The third-order valence-electron chi connectivity index (χ3n) is 5.81. The second-order valence-corrected chi connectivity index (χ2v) is 7.88. The van der Waals surface area contributed by atoms with Gasteiger partial charge in [-0.2, -0.15) is 4.98 Å². The number of rotatable bonds is 7. The van der Waals surface area contributed by atoms with Crippen LogP contribution in [0.3, 0.4) is 0 Å². The van der Waals surface area contributed by atoms with E-state index in [-0.39, 0.29) is 24.4 Å². The number of aromatic nitrogens is 2. The zero-order chi connectivity index (χ0) is 22.5. The number of halogens is 1. The lowest BCUT2D eigenvalue weighted by Gasteiger charge is -2.38. The van der Waals surface area contributed by atoms with E-state index >= 15 is 0 Å². The molecule has 4 rings (SSSR count). The van der Waals surface area contributed by atoms with E-state index in [0.29, 0.717) is 29.4 Å². The van der Waals surface area contributed by atoms with E-state index in [1.165, 1.54) is 12.1 Å². The summed E-state index contributed by atoms with van der Waals surface area (Å²) in [6.45, 7) is 3.82. The maximum absolute atomic E-state index is 13.2. The lowest BCUT2D eigenvalue weighted by atomic mass is 10.0. The fourth-order valence-corrected chi connectivity index (χ4v) is 3.87. The van der Waals surface area contributed by atoms with E-state index < -0.39 is 0 Å². The monoisotopic (exact) mass is 438 g/mol. The van der Waals surface area contributed by atoms with Crippen molar-refractivity contribution in [2.75, 3.05) is 25.0 Å². The van der Waals surface area contributed by atoms with E-state index in [0.717, 1.165) is 31.6 Å². The molecule has 0 radical (unpaired) electrons. The summed E-state index contributed by atoms with van der Waals surface area (Å²) in [5, 5.41) is 3.86. The number of piperidine rings is 1. The molecule has 0 unspecified atom stereocenters. The smallest absolute Gasteiger partial charge is 0.253 e. The number of nitrogens with zero attached hydrogens (tertiary/aromatic N) is 4. The third kappa shape index (κ3) is 5.07. The van der Waals surface area contributed by atoms with Gasteiger partial charge in [-0.3, -0.25) is 4.79 Å². The SMILES string of the molecule is CCc1nc(COc2ccc(C(=O)N(C)C3CCN(c4ccc(F)cc4)CC3)cc2)no1. The standard InChI is InChI=1S/C24H27FN4O3/c1-3-23-26-22(27-32-23)16-31-21-10-4-17(5-11-21)24(30)28(2)19-12-14-29(15-13-19)20-8-6-18(25)7-9-20/h4-11,19H,3,12-16H2,1-2H3. The highest BCUT2D eigenvalue weighted by Crippen LogP contribution is 2.24. The molecule has 0 saturated carbocycles. The molecule has 1 fully saturated rings. The maximum Gasteiger partial charge on any atom is 0.253 e. The molecule has 1 aromatic heterocycles. The molecule has 2 aromatic carbocycles. The van der Waals surface area contributed by atoms with Crippen molar-refractivity contribution in [1.29, 1.82) is 0 Å². The number of hydrogen-bond acceptors (Lipinski definition) is 6. The Morgan fingerprint density at radius 2 is 1.84 bits per heavy atom. The van der Waals surface area contributed by atoms with Gasteiger partial charge in [0.1, 0.15) is 11.6 Å². The van der Waals surface area contributed by atoms with Gasteiger partial charge in [-0.25, -0.2) is 4.39 Å². The summed E-state index contributed by atoms with van der Waals surface area (Å²) in [6.07, 6.45) is 2.42. The first-order valence-corrected chi connectivity index (χ1v) is 10.9. The molecular weight excluding hydrogens is 411 g/mol. The van der Waals surface area contributed by atoms with Crippen LogP contribution < -0.4 is 9.64 Å². The van der Waals surface area contributed by atoms with E-state index in [9.17, 15) is 9.18 Å². The van der Waals surface area contributed by atoms with Gasteiger partial charge in [0.05, 0.1) is 0 Å². The normalized spacial score (nSPS) is 14.4. The Hall–Kier alpha value is -3.42. The lowest BCUT2D eigenvalue weighted by Crippen LogP contribution is -2.45. The number of carbonyl (C=O) groups is 1. The molecule has 168 valence electrons. The predicted octanol–water partition coefficient (Wildman–Crippen LogP) is 4.09. The first-order valence-electron chi connectivity index (χ1n) is 10.9. The Morgan fingerprint density at radius 1 is 1.16 bits per heavy atom. The Kier molecular flexibility index (Phi) is 6.68. The van der Waals surface area contributed by atoms with Gasteiger partial charge in [-0.05, 0) is 61.4 Å². The molecule has 2 heterocycles. The average Bonchev–Trinajstić information content (AvgIpc) is 3.31. The molecule has 7 nitrogen and oxygen atoms in total. The minimum absolute atomic E-state index is 0.0115. The van der Waals surface area contributed by atoms with Crippen LogP contribution in [0, 0.1) is 5.82 Å². The minimum Gasteiger partial charge on any atom is -0.485 e. The van der Waals surface area contributed by atoms with Crippen LogP contribution in [0.15, 0.2) is 53.1 Å². The second-order valence-electron chi connectivity index (χ2n) is 7.88. The van der Waals surface area contributed by atoms with Gasteiger partial charge in [0.15, 0.2) is 6.61 Å². The minimum atomic E-state index is -0.231. The summed E-state index contributed by atoms with van der Waals surface area (Å²) in [5.41, 5.74) is 1.63. The molecular formula is C24H27FN4O3. The molecule has 0 bridgehead atoms. The van der Waals surface area contributed by atoms with Gasteiger partial charge in [0.25, 0.3) is 5.91 Å². The first-order chi connectivity index (χ1) is 15.5. The number of hydrogen-bond donors (Lipinski definition) is 0. The largest absolute Gasteiger partial charge is 0.485 e. The molecule has 1 saturated heterocycles. The zero-order valence-corrected chi connectivity index (χ0v) is 18.3. The van der Waals surface area contributed by atoms with Crippen molar-refractivity contribution < 1.29 is 18.4 Å². The summed E-state index contributed by atoms with van der Waals surface area (Å²) in [4.78, 5) is 21.2. The van der Waals surface area contributed by atoms with Gasteiger partial charge < -0.3 is 19.1 Å². The van der Waals surface area contributed by atoms with Crippen molar-refractivity contribution in [3.63, 3.8) is 0 Å². The summed E-state index contributed by atoms with van der Waals surface area (Å²) in [6, 6.07) is 13.8. The maximum atomic E-state index is 13.2. The van der Waals surface area contributed by atoms with E-state index in [2.05, 4.69) is 15.0 Å². The van der Waals surface area contributed by atoms with Crippen LogP contribution in [-0.4, -0.2) is 47.1 Å². The van der Waals surface area contributed by atoms with Crippen LogP contribution in [0.4, 0.5) is 10.1 Å². The Balaban J connectivity index is 1.29. The predicted molar refractivity (Wildman–Crippen MR) is 118 cm³/mol. The van der Waals surface area contributed by atoms with Crippen molar-refractivity contribution >= 4 is 11.6 Å². The fourth-order valence-electron chi connectivity index (χ4n) is 3.87. The van der Waals surface area contributed by atoms with Crippen LogP contribution >= 0.6 is 0 Å². The highest BCUT2D eigenvalue weighted by Gasteiger charge is 2.26. The molecule has 0 atom stereocenters. The summed E-state index contributed by atoms with van der Waals surface area (Å²) in [5.74, 6) is 1.47. The number of carbonyl (C=O) groups excluding carboxylic acids is 1. The van der Waals surface area contributed by atoms with E-state index in [1.807, 2.05) is 18.9 Å². The first kappa shape index (κ1) is 21.8. The number of benzene rings is 2. The average molecular weight is 439 g/mol. The topological polar surface area (TPSA) is 71.7 Å². The summed E-state index contributed by atoms with van der Waals surface area (Å²) < 4.78 is 23.9. The third-order valence-corrected chi connectivity index (χ3v) is 5.81. The molecule has 1 aliphatic heterocycles. The van der Waals surface area contributed by atoms with Gasteiger partial charge >= 0.3 is 0 Å². The van der Waals surface area contributed by atoms with Crippen molar-refractivity contribution in [3.8, 4) is 5.75 Å². The van der Waals surface area contributed by atoms with Gasteiger partial charge in [-0.1, -0.05) is 12.1 Å². The molecule has 1 amide bonds. The summed E-state index contributed by atoms with van der Waals surface area (Å²) in [7, 11) is 1.85. The molecule has 3 aromatic rings. The highest BCUT2D eigenvalue weighted by atomic mass is 19.1. The Morgan fingerprint density at radius 3 is 2.47 bits per heavy atom. The van der Waals surface area contributed by atoms with Crippen LogP contribution in [-0.2, 0) is 13.0 Å². The summed E-state index contributed by atoms with van der Waals surface area (Å²) >= 11 is 0. The van der Waals surface area contributed by atoms with Crippen molar-refractivity contribution in [1.82, 2.24) is 15.0 Å². The Bertz CT molecular complexity index is 1030. The van der Waals surface area contributed by atoms with Gasteiger partial charge in [0.2, 0.25) is 11.7 Å². The number of anilines is 1. The van der Waals surface area contributed by atoms with E-state index in [1.54, 1.807) is 36.4 Å². The number of amides is 1. The highest BCUT2D eigenvalue weighted by molar-refractivity contribution is 5.94. The molecule has 0 spiro atoms. The van der Waals surface area contributed by atoms with Crippen LogP contribution in [0.5, 0.6) is 5.75 Å². The fraction of sp³-hybridized carbons (Fsp3) is 0.375. The van der Waals surface area contributed by atoms with E-state index in [4.69, 9.17) is 9.26 Å². The quantitative estimate of drug-likeness (QED) is 0.553. The van der Waals surface area contributed by atoms with Crippen LogP contribution in [0.25, 0.3) is 0 Å². The van der Waals surface area contributed by atoms with Gasteiger partial charge in [0, 0.05) is 43.9 Å². The molecule has 32 heavy (non-hydrogen) atoms. The van der Waals surface area contributed by atoms with Gasteiger partial charge in [-0.15, -0.1) is 0 Å². The Labute approximate surface area is 186 Å². The number of ether oxygens (including phenoxy) is 1. The number of aryl methyl sites for hydroxylation is 1. The molecule has 0 aliphatic carbocycles. The lowest BCUT2D eigenvalue weighted by molar-refractivity contribution is 0.0709. The van der Waals surface area contributed by atoms with Crippen molar-refractivity contribution in [2.45, 2.75) is 38.8 Å². The van der Waals surface area contributed by atoms with Crippen molar-refractivity contribution in [3.05, 3.63) is 71.6 Å². The molecule has 1 aliphatic rings. The second kappa shape index (κ2) is 9.80.